The Hall–Kier alpha value is -1.30. The van der Waals surface area contributed by atoms with E-state index >= 15 is 0 Å². The summed E-state index contributed by atoms with van der Waals surface area (Å²) in [6.45, 7) is 2.07. The van der Waals surface area contributed by atoms with Gasteiger partial charge in [0.2, 0.25) is 5.91 Å². The molecule has 0 unspecified atom stereocenters. The highest BCUT2D eigenvalue weighted by molar-refractivity contribution is 5.74. The highest BCUT2D eigenvalue weighted by Crippen LogP contribution is 2.09. The summed E-state index contributed by atoms with van der Waals surface area (Å²) >= 11 is 0. The summed E-state index contributed by atoms with van der Waals surface area (Å²) < 4.78 is 0. The molecule has 1 atom stereocenters. The van der Waals surface area contributed by atoms with Gasteiger partial charge in [0.15, 0.2) is 0 Å². The molecule has 0 spiro atoms. The van der Waals surface area contributed by atoms with Crippen molar-refractivity contribution in [1.29, 1.82) is 5.26 Å². The molecule has 0 saturated heterocycles. The van der Waals surface area contributed by atoms with Crippen LogP contribution in [0.1, 0.15) is 13.3 Å². The van der Waals surface area contributed by atoms with E-state index in [4.69, 9.17) is 5.26 Å². The number of hydrogen-bond donors (Lipinski definition) is 0. The molecule has 0 radical (unpaired) electrons. The van der Waals surface area contributed by atoms with Gasteiger partial charge in [-0.15, -0.1) is 0 Å². The Bertz CT molecular complexity index is 227. The van der Waals surface area contributed by atoms with Crippen molar-refractivity contribution in [2.75, 3.05) is 6.54 Å². The number of nitriles is 1. The number of amides is 1. The van der Waals surface area contributed by atoms with Gasteiger partial charge in [0, 0.05) is 13.5 Å². The minimum atomic E-state index is -0.252. The Morgan fingerprint density at radius 3 is 2.91 bits per heavy atom. The van der Waals surface area contributed by atoms with Gasteiger partial charge < -0.3 is 4.90 Å². The molecule has 1 heterocycles. The van der Waals surface area contributed by atoms with E-state index in [9.17, 15) is 4.79 Å². The third kappa shape index (κ3) is 1.58. The summed E-state index contributed by atoms with van der Waals surface area (Å²) in [5.41, 5.74) is 0. The molecule has 58 valence electrons. The molecule has 1 aliphatic rings. The highest BCUT2D eigenvalue weighted by Gasteiger charge is 2.20. The van der Waals surface area contributed by atoms with Crippen LogP contribution in [0.2, 0.25) is 0 Å². The molecule has 0 aliphatic carbocycles. The van der Waals surface area contributed by atoms with Crippen LogP contribution in [0.3, 0.4) is 0 Å². The maximum absolute atomic E-state index is 10.9. The van der Waals surface area contributed by atoms with Gasteiger partial charge >= 0.3 is 0 Å². The van der Waals surface area contributed by atoms with Crippen molar-refractivity contribution < 1.29 is 4.79 Å². The van der Waals surface area contributed by atoms with Crippen LogP contribution in [0, 0.1) is 11.3 Å². The van der Waals surface area contributed by atoms with Crippen LogP contribution in [-0.2, 0) is 4.79 Å². The molecule has 1 aliphatic heterocycles. The molecule has 3 nitrogen and oxygen atoms in total. The molecule has 0 aromatic carbocycles. The van der Waals surface area contributed by atoms with Crippen molar-refractivity contribution in [3.05, 3.63) is 12.2 Å². The van der Waals surface area contributed by atoms with Crippen LogP contribution in [0.4, 0.5) is 0 Å². The van der Waals surface area contributed by atoms with Crippen LogP contribution in [-0.4, -0.2) is 23.4 Å². The zero-order chi connectivity index (χ0) is 8.27. The average molecular weight is 150 g/mol. The smallest absolute Gasteiger partial charge is 0.220 e. The molecule has 0 aromatic rings. The molecule has 1 rings (SSSR count). The Morgan fingerprint density at radius 2 is 2.45 bits per heavy atom. The lowest BCUT2D eigenvalue weighted by Gasteiger charge is -2.26. The lowest BCUT2D eigenvalue weighted by molar-refractivity contribution is -0.129. The van der Waals surface area contributed by atoms with Crippen LogP contribution in [0.15, 0.2) is 12.2 Å². The van der Waals surface area contributed by atoms with Crippen LogP contribution >= 0.6 is 0 Å². The summed E-state index contributed by atoms with van der Waals surface area (Å²) in [5.74, 6) is -0.0269. The van der Waals surface area contributed by atoms with Gasteiger partial charge in [-0.3, -0.25) is 4.79 Å². The van der Waals surface area contributed by atoms with Crippen LogP contribution in [0.25, 0.3) is 0 Å². The molecule has 0 fully saturated rings. The summed E-state index contributed by atoms with van der Waals surface area (Å²) in [4.78, 5) is 12.5. The highest BCUT2D eigenvalue weighted by atomic mass is 16.2. The van der Waals surface area contributed by atoms with Crippen LogP contribution < -0.4 is 0 Å². The fraction of sp³-hybridized carbons (Fsp3) is 0.500. The maximum Gasteiger partial charge on any atom is 0.220 e. The molecular formula is C8H10N2O. The quantitative estimate of drug-likeness (QED) is 0.477. The topological polar surface area (TPSA) is 44.1 Å². The first kappa shape index (κ1) is 7.80. The maximum atomic E-state index is 10.9. The molecular weight excluding hydrogens is 140 g/mol. The van der Waals surface area contributed by atoms with E-state index in [0.29, 0.717) is 13.0 Å². The van der Waals surface area contributed by atoms with Gasteiger partial charge in [0.25, 0.3) is 0 Å². The predicted molar refractivity (Wildman–Crippen MR) is 40.5 cm³/mol. The first-order chi connectivity index (χ1) is 5.25. The minimum Gasteiger partial charge on any atom is -0.323 e. The molecule has 3 heteroatoms. The largest absolute Gasteiger partial charge is 0.323 e. The summed E-state index contributed by atoms with van der Waals surface area (Å²) in [5, 5.41) is 8.63. The zero-order valence-corrected chi connectivity index (χ0v) is 6.45. The van der Waals surface area contributed by atoms with Crippen molar-refractivity contribution in [2.45, 2.75) is 19.4 Å². The van der Waals surface area contributed by atoms with Gasteiger partial charge in [-0.1, -0.05) is 12.2 Å². The van der Waals surface area contributed by atoms with E-state index in [0.717, 1.165) is 0 Å². The predicted octanol–water partition coefficient (Wildman–Crippen LogP) is 0.687. The summed E-state index contributed by atoms with van der Waals surface area (Å²) in [6.07, 6.45) is 4.51. The molecule has 11 heavy (non-hydrogen) atoms. The van der Waals surface area contributed by atoms with E-state index in [1.54, 1.807) is 4.90 Å². The van der Waals surface area contributed by atoms with Crippen molar-refractivity contribution in [3.63, 3.8) is 0 Å². The summed E-state index contributed by atoms with van der Waals surface area (Å²) in [6, 6.07) is 1.84. The third-order valence-corrected chi connectivity index (χ3v) is 1.76. The standard InChI is InChI=1S/C8H10N2O/c1-7(11)10-5-3-2-4-8(10)6-9/h2-3,8H,4-5H2,1H3/t8-/m0/s1. The number of carbonyl (C=O) groups excluding carboxylic acids is 1. The van der Waals surface area contributed by atoms with Gasteiger partial charge in [-0.05, 0) is 6.42 Å². The fourth-order valence-corrected chi connectivity index (χ4v) is 1.14. The van der Waals surface area contributed by atoms with E-state index < -0.39 is 0 Å². The normalized spacial score (nSPS) is 22.9. The van der Waals surface area contributed by atoms with Crippen molar-refractivity contribution >= 4 is 5.91 Å². The van der Waals surface area contributed by atoms with Crippen LogP contribution in [0.5, 0.6) is 0 Å². The number of hydrogen-bond acceptors (Lipinski definition) is 2. The lowest BCUT2D eigenvalue weighted by atomic mass is 10.1. The minimum absolute atomic E-state index is 0.0269. The van der Waals surface area contributed by atoms with Gasteiger partial charge in [-0.2, -0.15) is 5.26 Å². The number of carbonyl (C=O) groups is 1. The van der Waals surface area contributed by atoms with Crippen molar-refractivity contribution in [3.8, 4) is 6.07 Å². The second kappa shape index (κ2) is 3.20. The molecule has 0 N–H and O–H groups in total. The van der Waals surface area contributed by atoms with Crippen molar-refractivity contribution in [1.82, 2.24) is 4.90 Å². The van der Waals surface area contributed by atoms with E-state index in [-0.39, 0.29) is 11.9 Å². The number of nitrogens with zero attached hydrogens (tertiary/aromatic N) is 2. The zero-order valence-electron chi connectivity index (χ0n) is 6.45. The molecule has 1 amide bonds. The Balaban J connectivity index is 2.71. The second-order valence-corrected chi connectivity index (χ2v) is 2.52. The third-order valence-electron chi connectivity index (χ3n) is 1.76. The van der Waals surface area contributed by atoms with E-state index in [2.05, 4.69) is 6.07 Å². The van der Waals surface area contributed by atoms with Crippen molar-refractivity contribution in [2.24, 2.45) is 0 Å². The van der Waals surface area contributed by atoms with Gasteiger partial charge in [0.05, 0.1) is 6.07 Å². The second-order valence-electron chi connectivity index (χ2n) is 2.52. The Kier molecular flexibility index (Phi) is 2.27. The fourth-order valence-electron chi connectivity index (χ4n) is 1.14. The monoisotopic (exact) mass is 150 g/mol. The Morgan fingerprint density at radius 1 is 1.73 bits per heavy atom. The summed E-state index contributed by atoms with van der Waals surface area (Å²) in [7, 11) is 0. The number of rotatable bonds is 0. The van der Waals surface area contributed by atoms with Gasteiger partial charge in [-0.25, -0.2) is 0 Å². The lowest BCUT2D eigenvalue weighted by Crippen LogP contribution is -2.39. The average Bonchev–Trinajstić information content (AvgIpc) is 2.04. The van der Waals surface area contributed by atoms with Gasteiger partial charge in [0.1, 0.15) is 6.04 Å². The molecule has 0 bridgehead atoms. The molecule has 0 aromatic heterocycles. The SMILES string of the molecule is CC(=O)N1CC=CC[C@H]1C#N. The molecule has 0 saturated carbocycles. The first-order valence-electron chi connectivity index (χ1n) is 3.57. The van der Waals surface area contributed by atoms with E-state index in [1.165, 1.54) is 6.92 Å². The van der Waals surface area contributed by atoms with E-state index in [1.807, 2.05) is 12.2 Å². The Labute approximate surface area is 65.9 Å². The first-order valence-corrected chi connectivity index (χ1v) is 3.57.